The Labute approximate surface area is 138 Å². The SMILES string of the molecule is O=C(O)c1cc(Cl)c(O)c(S(=O)(=O)Nc2ccc(F)cc2F)c1O. The highest BCUT2D eigenvalue weighted by Crippen LogP contribution is 2.41. The number of aromatic hydroxyl groups is 2. The summed E-state index contributed by atoms with van der Waals surface area (Å²) in [5.41, 5.74) is -1.58. The van der Waals surface area contributed by atoms with E-state index >= 15 is 0 Å². The number of hydrogen-bond donors (Lipinski definition) is 4. The first-order chi connectivity index (χ1) is 11.0. The fourth-order valence-electron chi connectivity index (χ4n) is 1.79. The summed E-state index contributed by atoms with van der Waals surface area (Å²) in [6.07, 6.45) is 0. The summed E-state index contributed by atoms with van der Waals surface area (Å²) in [5.74, 6) is -6.36. The van der Waals surface area contributed by atoms with Gasteiger partial charge in [0.05, 0.1) is 10.7 Å². The predicted molar refractivity (Wildman–Crippen MR) is 78.9 cm³/mol. The van der Waals surface area contributed by atoms with Gasteiger partial charge in [0.1, 0.15) is 17.2 Å². The summed E-state index contributed by atoms with van der Waals surface area (Å²) in [5, 5.41) is 27.8. The Morgan fingerprint density at radius 1 is 1.12 bits per heavy atom. The van der Waals surface area contributed by atoms with E-state index in [0.717, 1.165) is 12.1 Å². The molecule has 4 N–H and O–H groups in total. The van der Waals surface area contributed by atoms with Gasteiger partial charge >= 0.3 is 5.97 Å². The molecule has 0 aliphatic carbocycles. The number of aromatic carboxylic acids is 1. The molecule has 0 unspecified atom stereocenters. The van der Waals surface area contributed by atoms with Crippen molar-refractivity contribution in [1.82, 2.24) is 0 Å². The van der Waals surface area contributed by atoms with Gasteiger partial charge in [0, 0.05) is 6.07 Å². The fourth-order valence-corrected chi connectivity index (χ4v) is 3.34. The molecule has 0 amide bonds. The Hall–Kier alpha value is -2.59. The molecular formula is C13H8ClF2NO6S. The Morgan fingerprint density at radius 2 is 1.75 bits per heavy atom. The number of carboxylic acid groups (broad SMARTS) is 1. The van der Waals surface area contributed by atoms with Crippen LogP contribution in [0.15, 0.2) is 29.2 Å². The number of phenols is 2. The number of sulfonamides is 1. The Balaban J connectivity index is 2.63. The van der Waals surface area contributed by atoms with E-state index in [0.29, 0.717) is 12.1 Å². The third-order valence-corrected chi connectivity index (χ3v) is 4.56. The molecule has 0 aliphatic rings. The molecule has 0 saturated heterocycles. The van der Waals surface area contributed by atoms with E-state index in [-0.39, 0.29) is 0 Å². The number of halogens is 3. The van der Waals surface area contributed by atoms with Gasteiger partial charge in [-0.2, -0.15) is 0 Å². The van der Waals surface area contributed by atoms with Crippen molar-refractivity contribution in [2.45, 2.75) is 4.90 Å². The molecule has 0 fully saturated rings. The molecule has 128 valence electrons. The first-order valence-corrected chi connectivity index (χ1v) is 7.86. The predicted octanol–water partition coefficient (Wildman–Crippen LogP) is 2.53. The maximum Gasteiger partial charge on any atom is 0.339 e. The van der Waals surface area contributed by atoms with E-state index in [1.807, 2.05) is 0 Å². The van der Waals surface area contributed by atoms with Gasteiger partial charge < -0.3 is 15.3 Å². The van der Waals surface area contributed by atoms with Gasteiger partial charge in [-0.05, 0) is 18.2 Å². The summed E-state index contributed by atoms with van der Waals surface area (Å²) in [7, 11) is -4.85. The zero-order chi connectivity index (χ0) is 18.2. The average molecular weight is 380 g/mol. The van der Waals surface area contributed by atoms with Crippen molar-refractivity contribution in [2.24, 2.45) is 0 Å². The summed E-state index contributed by atoms with van der Waals surface area (Å²) in [6, 6.07) is 2.57. The van der Waals surface area contributed by atoms with Crippen LogP contribution in [0.25, 0.3) is 0 Å². The second kappa shape index (κ2) is 6.13. The van der Waals surface area contributed by atoms with E-state index in [4.69, 9.17) is 16.7 Å². The molecule has 0 radical (unpaired) electrons. The number of rotatable bonds is 4. The highest BCUT2D eigenvalue weighted by Gasteiger charge is 2.30. The third-order valence-electron chi connectivity index (χ3n) is 2.86. The minimum atomic E-state index is -4.85. The van der Waals surface area contributed by atoms with Crippen LogP contribution in [0.4, 0.5) is 14.5 Å². The lowest BCUT2D eigenvalue weighted by Crippen LogP contribution is -2.16. The molecule has 0 spiro atoms. The van der Waals surface area contributed by atoms with Crippen molar-refractivity contribution in [3.8, 4) is 11.5 Å². The number of nitrogens with one attached hydrogen (secondary N) is 1. The van der Waals surface area contributed by atoms with Crippen molar-refractivity contribution >= 4 is 33.3 Å². The van der Waals surface area contributed by atoms with Crippen molar-refractivity contribution in [1.29, 1.82) is 0 Å². The number of phenolic OH excluding ortho intramolecular Hbond substituents is 1. The van der Waals surface area contributed by atoms with Crippen LogP contribution in [0.3, 0.4) is 0 Å². The quantitative estimate of drug-likeness (QED) is 0.647. The van der Waals surface area contributed by atoms with E-state index < -0.39 is 60.3 Å². The second-order valence-electron chi connectivity index (χ2n) is 4.47. The van der Waals surface area contributed by atoms with Gasteiger partial charge in [0.25, 0.3) is 10.0 Å². The zero-order valence-electron chi connectivity index (χ0n) is 11.4. The molecule has 0 saturated carbocycles. The number of benzene rings is 2. The van der Waals surface area contributed by atoms with Gasteiger partial charge in [-0.25, -0.2) is 22.0 Å². The van der Waals surface area contributed by atoms with Crippen molar-refractivity contribution < 1.29 is 37.3 Å². The van der Waals surface area contributed by atoms with Crippen LogP contribution in [0.1, 0.15) is 10.4 Å². The molecule has 0 heterocycles. The number of hydrogen-bond acceptors (Lipinski definition) is 5. The van der Waals surface area contributed by atoms with Gasteiger partial charge in [-0.1, -0.05) is 11.6 Å². The van der Waals surface area contributed by atoms with E-state index in [1.165, 1.54) is 0 Å². The molecule has 0 atom stereocenters. The van der Waals surface area contributed by atoms with Crippen LogP contribution in [0.2, 0.25) is 5.02 Å². The number of anilines is 1. The summed E-state index contributed by atoms with van der Waals surface area (Å²) in [4.78, 5) is 9.74. The lowest BCUT2D eigenvalue weighted by molar-refractivity contribution is 0.0693. The topological polar surface area (TPSA) is 124 Å². The molecule has 7 nitrogen and oxygen atoms in total. The lowest BCUT2D eigenvalue weighted by Gasteiger charge is -2.14. The standard InChI is InChI=1S/C13H8ClF2NO6S/c14-7-4-6(13(20)21)10(18)12(11(7)19)24(22,23)17-9-2-1-5(15)3-8(9)16/h1-4,17-19H,(H,20,21). The van der Waals surface area contributed by atoms with Crippen LogP contribution in [0.5, 0.6) is 11.5 Å². The van der Waals surface area contributed by atoms with Gasteiger partial charge in [-0.15, -0.1) is 0 Å². The molecule has 2 aromatic rings. The van der Waals surface area contributed by atoms with Crippen molar-refractivity contribution in [3.63, 3.8) is 0 Å². The molecule has 0 aromatic heterocycles. The molecule has 0 aliphatic heterocycles. The van der Waals surface area contributed by atoms with Crippen LogP contribution >= 0.6 is 11.6 Å². The molecule has 0 bridgehead atoms. The third kappa shape index (κ3) is 3.19. The highest BCUT2D eigenvalue weighted by atomic mass is 35.5. The first-order valence-electron chi connectivity index (χ1n) is 6.00. The molecule has 2 rings (SSSR count). The van der Waals surface area contributed by atoms with E-state index in [1.54, 1.807) is 4.72 Å². The van der Waals surface area contributed by atoms with Crippen LogP contribution in [0, 0.1) is 11.6 Å². The molecule has 11 heteroatoms. The summed E-state index contributed by atoms with van der Waals surface area (Å²) in [6.45, 7) is 0. The van der Waals surface area contributed by atoms with Crippen molar-refractivity contribution in [3.05, 3.63) is 46.5 Å². The zero-order valence-corrected chi connectivity index (χ0v) is 13.0. The maximum atomic E-state index is 13.6. The fraction of sp³-hybridized carbons (Fsp3) is 0. The normalized spacial score (nSPS) is 11.3. The first kappa shape index (κ1) is 17.8. The number of carbonyl (C=O) groups is 1. The molecular weight excluding hydrogens is 372 g/mol. The van der Waals surface area contributed by atoms with E-state index in [2.05, 4.69) is 0 Å². The summed E-state index contributed by atoms with van der Waals surface area (Å²) >= 11 is 5.56. The molecule has 2 aromatic carbocycles. The van der Waals surface area contributed by atoms with Gasteiger partial charge in [0.15, 0.2) is 16.4 Å². The minimum Gasteiger partial charge on any atom is -0.505 e. The monoisotopic (exact) mass is 379 g/mol. The van der Waals surface area contributed by atoms with Gasteiger partial charge in [0.2, 0.25) is 0 Å². The lowest BCUT2D eigenvalue weighted by atomic mass is 10.2. The summed E-state index contributed by atoms with van der Waals surface area (Å²) < 4.78 is 52.6. The van der Waals surface area contributed by atoms with Crippen LogP contribution in [-0.4, -0.2) is 29.7 Å². The van der Waals surface area contributed by atoms with Gasteiger partial charge in [-0.3, -0.25) is 4.72 Å². The second-order valence-corrected chi connectivity index (χ2v) is 6.49. The van der Waals surface area contributed by atoms with Crippen LogP contribution < -0.4 is 4.72 Å². The van der Waals surface area contributed by atoms with Crippen LogP contribution in [-0.2, 0) is 10.0 Å². The minimum absolute atomic E-state index is 0.401. The smallest absolute Gasteiger partial charge is 0.339 e. The highest BCUT2D eigenvalue weighted by molar-refractivity contribution is 7.93. The average Bonchev–Trinajstić information content (AvgIpc) is 2.45. The Bertz CT molecular complexity index is 948. The Morgan fingerprint density at radius 3 is 2.29 bits per heavy atom. The maximum absolute atomic E-state index is 13.6. The Kier molecular flexibility index (Phi) is 4.54. The number of carboxylic acids is 1. The molecule has 24 heavy (non-hydrogen) atoms. The van der Waals surface area contributed by atoms with Crippen molar-refractivity contribution in [2.75, 3.05) is 4.72 Å². The largest absolute Gasteiger partial charge is 0.505 e. The van der Waals surface area contributed by atoms with E-state index in [9.17, 15) is 32.2 Å².